The Morgan fingerprint density at radius 3 is 2.76 bits per heavy atom. The molecule has 7 heteroatoms. The summed E-state index contributed by atoms with van der Waals surface area (Å²) < 4.78 is 11.5. The van der Waals surface area contributed by atoms with Crippen LogP contribution in [0.2, 0.25) is 0 Å². The largest absolute Gasteiger partial charge is 0.407 e. The van der Waals surface area contributed by atoms with Crippen molar-refractivity contribution in [1.82, 2.24) is 15.5 Å². The van der Waals surface area contributed by atoms with E-state index >= 15 is 0 Å². The van der Waals surface area contributed by atoms with Crippen LogP contribution < -0.4 is 10.6 Å². The van der Waals surface area contributed by atoms with Crippen molar-refractivity contribution in [3.63, 3.8) is 0 Å². The van der Waals surface area contributed by atoms with Gasteiger partial charge in [0.25, 0.3) is 0 Å². The lowest BCUT2D eigenvalue weighted by Gasteiger charge is -2.12. The second-order valence-corrected chi connectivity index (χ2v) is 5.50. The number of nitrogens with zero attached hydrogens (tertiary/aromatic N) is 2. The molecule has 0 fully saturated rings. The number of methoxy groups -OCH3 is 1. The Bertz CT molecular complexity index is 544. The molecule has 0 bridgehead atoms. The summed E-state index contributed by atoms with van der Waals surface area (Å²) in [5.41, 5.74) is 1.15. The third kappa shape index (κ3) is 5.11. The molecular weight excluding hydrogens is 336 g/mol. The first-order valence-corrected chi connectivity index (χ1v) is 7.52. The fourth-order valence-corrected chi connectivity index (χ4v) is 2.04. The Balaban J connectivity index is 1.85. The SMILES string of the molecule is COCCNCc1nnc(NC(C)c2ccc(Br)cc2)o1. The smallest absolute Gasteiger partial charge is 0.315 e. The third-order valence-corrected chi connectivity index (χ3v) is 3.46. The predicted molar refractivity (Wildman–Crippen MR) is 84.1 cm³/mol. The molecule has 2 aromatic rings. The van der Waals surface area contributed by atoms with Crippen LogP contribution in [0, 0.1) is 0 Å². The lowest BCUT2D eigenvalue weighted by Crippen LogP contribution is -2.18. The first-order valence-electron chi connectivity index (χ1n) is 6.73. The van der Waals surface area contributed by atoms with Crippen LogP contribution in [0.4, 0.5) is 6.01 Å². The molecule has 0 aliphatic heterocycles. The van der Waals surface area contributed by atoms with Crippen molar-refractivity contribution < 1.29 is 9.15 Å². The number of nitrogens with one attached hydrogen (secondary N) is 2. The molecule has 21 heavy (non-hydrogen) atoms. The number of aromatic nitrogens is 2. The minimum Gasteiger partial charge on any atom is -0.407 e. The highest BCUT2D eigenvalue weighted by Gasteiger charge is 2.10. The van der Waals surface area contributed by atoms with Crippen LogP contribution in [0.25, 0.3) is 0 Å². The number of halogens is 1. The zero-order valence-electron chi connectivity index (χ0n) is 12.1. The Hall–Kier alpha value is -1.44. The highest BCUT2D eigenvalue weighted by atomic mass is 79.9. The van der Waals surface area contributed by atoms with E-state index in [0.717, 1.165) is 16.6 Å². The summed E-state index contributed by atoms with van der Waals surface area (Å²) in [6.45, 7) is 3.98. The van der Waals surface area contributed by atoms with Crippen molar-refractivity contribution in [2.24, 2.45) is 0 Å². The van der Waals surface area contributed by atoms with Gasteiger partial charge in [-0.2, -0.15) is 0 Å². The van der Waals surface area contributed by atoms with Gasteiger partial charge >= 0.3 is 6.01 Å². The molecule has 1 heterocycles. The van der Waals surface area contributed by atoms with E-state index < -0.39 is 0 Å². The lowest BCUT2D eigenvalue weighted by molar-refractivity contribution is 0.198. The first kappa shape index (κ1) is 15.9. The van der Waals surface area contributed by atoms with Crippen molar-refractivity contribution in [2.45, 2.75) is 19.5 Å². The van der Waals surface area contributed by atoms with E-state index in [2.05, 4.69) is 36.8 Å². The van der Waals surface area contributed by atoms with Crippen LogP contribution in [0.3, 0.4) is 0 Å². The molecule has 0 aliphatic rings. The topological polar surface area (TPSA) is 72.2 Å². The van der Waals surface area contributed by atoms with Gasteiger partial charge in [-0.05, 0) is 24.6 Å². The Labute approximate surface area is 132 Å². The molecule has 0 saturated heterocycles. The summed E-state index contributed by atoms with van der Waals surface area (Å²) in [7, 11) is 1.67. The molecule has 0 spiro atoms. The van der Waals surface area contributed by atoms with E-state index in [1.165, 1.54) is 0 Å². The normalized spacial score (nSPS) is 12.3. The fraction of sp³-hybridized carbons (Fsp3) is 0.429. The lowest BCUT2D eigenvalue weighted by atomic mass is 10.1. The maximum absolute atomic E-state index is 5.53. The average Bonchev–Trinajstić information content (AvgIpc) is 2.92. The molecule has 1 unspecified atom stereocenters. The molecular formula is C14H19BrN4O2. The molecule has 2 rings (SSSR count). The van der Waals surface area contributed by atoms with E-state index in [-0.39, 0.29) is 6.04 Å². The van der Waals surface area contributed by atoms with E-state index in [4.69, 9.17) is 9.15 Å². The summed E-state index contributed by atoms with van der Waals surface area (Å²) in [6, 6.07) is 8.62. The van der Waals surface area contributed by atoms with E-state index in [9.17, 15) is 0 Å². The summed E-state index contributed by atoms with van der Waals surface area (Å²) in [5.74, 6) is 0.552. The second-order valence-electron chi connectivity index (χ2n) is 4.59. The minimum absolute atomic E-state index is 0.0906. The zero-order chi connectivity index (χ0) is 15.1. The minimum atomic E-state index is 0.0906. The Morgan fingerprint density at radius 1 is 1.29 bits per heavy atom. The van der Waals surface area contributed by atoms with E-state index in [0.29, 0.717) is 25.1 Å². The molecule has 1 aromatic carbocycles. The summed E-state index contributed by atoms with van der Waals surface area (Å²) >= 11 is 3.42. The number of ether oxygens (including phenoxy) is 1. The Morgan fingerprint density at radius 2 is 2.05 bits per heavy atom. The van der Waals surface area contributed by atoms with Crippen molar-refractivity contribution in [2.75, 3.05) is 25.6 Å². The summed E-state index contributed by atoms with van der Waals surface area (Å²) in [5, 5.41) is 14.3. The van der Waals surface area contributed by atoms with Gasteiger partial charge in [0, 0.05) is 18.1 Å². The molecule has 2 N–H and O–H groups in total. The van der Waals surface area contributed by atoms with Gasteiger partial charge in [0.1, 0.15) is 0 Å². The molecule has 6 nitrogen and oxygen atoms in total. The van der Waals surface area contributed by atoms with Crippen molar-refractivity contribution in [3.8, 4) is 0 Å². The predicted octanol–water partition coefficient (Wildman–Crippen LogP) is 2.74. The van der Waals surface area contributed by atoms with Gasteiger partial charge in [-0.15, -0.1) is 5.10 Å². The second kappa shape index (κ2) is 8.11. The van der Waals surface area contributed by atoms with Crippen LogP contribution in [0.1, 0.15) is 24.4 Å². The Kier molecular flexibility index (Phi) is 6.16. The van der Waals surface area contributed by atoms with Crippen LogP contribution in [0.5, 0.6) is 0 Å². The van der Waals surface area contributed by atoms with Gasteiger partial charge in [0.15, 0.2) is 0 Å². The van der Waals surface area contributed by atoms with Crippen molar-refractivity contribution in [3.05, 3.63) is 40.2 Å². The quantitative estimate of drug-likeness (QED) is 0.710. The maximum atomic E-state index is 5.53. The van der Waals surface area contributed by atoms with E-state index in [1.807, 2.05) is 31.2 Å². The van der Waals surface area contributed by atoms with Crippen molar-refractivity contribution >= 4 is 21.9 Å². The zero-order valence-corrected chi connectivity index (χ0v) is 13.7. The van der Waals surface area contributed by atoms with Gasteiger partial charge in [-0.25, -0.2) is 0 Å². The van der Waals surface area contributed by atoms with Gasteiger partial charge < -0.3 is 19.8 Å². The summed E-state index contributed by atoms with van der Waals surface area (Å²) in [6.07, 6.45) is 0. The molecule has 114 valence electrons. The molecule has 1 atom stereocenters. The van der Waals surface area contributed by atoms with Crippen LogP contribution >= 0.6 is 15.9 Å². The van der Waals surface area contributed by atoms with Gasteiger partial charge in [-0.3, -0.25) is 0 Å². The average molecular weight is 355 g/mol. The number of benzene rings is 1. The maximum Gasteiger partial charge on any atom is 0.315 e. The number of rotatable bonds is 8. The highest BCUT2D eigenvalue weighted by molar-refractivity contribution is 9.10. The van der Waals surface area contributed by atoms with Gasteiger partial charge in [0.05, 0.1) is 19.2 Å². The molecule has 0 aliphatic carbocycles. The van der Waals surface area contributed by atoms with Crippen LogP contribution in [-0.4, -0.2) is 30.5 Å². The third-order valence-electron chi connectivity index (χ3n) is 2.94. The highest BCUT2D eigenvalue weighted by Crippen LogP contribution is 2.20. The standard InChI is InChI=1S/C14H19BrN4O2/c1-10(11-3-5-12(15)6-4-11)17-14-19-18-13(21-14)9-16-7-8-20-2/h3-6,10,16H,7-9H2,1-2H3,(H,17,19). The first-order chi connectivity index (χ1) is 10.2. The molecule has 0 radical (unpaired) electrons. The van der Waals surface area contributed by atoms with Crippen LogP contribution in [-0.2, 0) is 11.3 Å². The molecule has 0 amide bonds. The number of hydrogen-bond acceptors (Lipinski definition) is 6. The molecule has 0 saturated carbocycles. The van der Waals surface area contributed by atoms with E-state index in [1.54, 1.807) is 7.11 Å². The fourth-order valence-electron chi connectivity index (χ4n) is 1.77. The summed E-state index contributed by atoms with van der Waals surface area (Å²) in [4.78, 5) is 0. The van der Waals surface area contributed by atoms with Crippen LogP contribution in [0.15, 0.2) is 33.2 Å². The molecule has 1 aromatic heterocycles. The number of hydrogen-bond donors (Lipinski definition) is 2. The number of anilines is 1. The van der Waals surface area contributed by atoms with Crippen molar-refractivity contribution in [1.29, 1.82) is 0 Å². The monoisotopic (exact) mass is 354 g/mol. The van der Waals surface area contributed by atoms with Gasteiger partial charge in [-0.1, -0.05) is 33.2 Å². The van der Waals surface area contributed by atoms with Gasteiger partial charge in [0.2, 0.25) is 5.89 Å².